The van der Waals surface area contributed by atoms with Crippen molar-refractivity contribution in [2.75, 3.05) is 13.2 Å². The van der Waals surface area contributed by atoms with Crippen LogP contribution in [0.1, 0.15) is 156 Å². The average Bonchev–Trinajstić information content (AvgIpc) is 2.86. The van der Waals surface area contributed by atoms with Crippen LogP contribution in [0.3, 0.4) is 0 Å². The molecule has 0 aliphatic carbocycles. The first-order valence-electron chi connectivity index (χ1n) is 17.1. The predicted molar refractivity (Wildman–Crippen MR) is 191 cm³/mol. The van der Waals surface area contributed by atoms with Gasteiger partial charge in [-0.1, -0.05) is 149 Å². The molecule has 0 atom stereocenters. The summed E-state index contributed by atoms with van der Waals surface area (Å²) < 4.78 is 34.8. The van der Waals surface area contributed by atoms with E-state index >= 15 is 0 Å². The molecule has 2 aromatic carbocycles. The minimum atomic E-state index is -4.61. The molecule has 0 aliphatic rings. The third-order valence-corrected chi connectivity index (χ3v) is 9.28. The molecule has 0 aromatic heterocycles. The second-order valence-corrected chi connectivity index (χ2v) is 20.1. The maximum absolute atomic E-state index is 11.3. The molecule has 2 aromatic rings. The molecule has 49 heavy (non-hydrogen) atoms. The Morgan fingerprint density at radius 3 is 0.898 bits per heavy atom. The maximum Gasteiger partial charge on any atom is 0.126 e. The number of hydrogen-bond acceptors (Lipinski definition) is 8. The van der Waals surface area contributed by atoms with Crippen molar-refractivity contribution >= 4 is 15.2 Å². The van der Waals surface area contributed by atoms with Crippen LogP contribution >= 0.6 is 15.2 Å². The van der Waals surface area contributed by atoms with Crippen molar-refractivity contribution in [2.24, 2.45) is 0 Å². The van der Waals surface area contributed by atoms with Gasteiger partial charge >= 0.3 is 0 Å². The first-order valence-corrected chi connectivity index (χ1v) is 20.6. The fourth-order valence-electron chi connectivity index (χ4n) is 5.18. The summed E-state index contributed by atoms with van der Waals surface area (Å²) in [5.41, 5.74) is 4.04. The standard InChI is InChI=1S/2C19H33O4P.Ni/c2*1-8-9-10-23-17-15(18(2,3)4)11-14(13-24(20,21)22)12-16(17)19(5,6)7;/h2*11-12H,8-10,13H2,1-7H3,(H2,20,21,22);/p-4. The molecule has 0 N–H and O–H groups in total. The molecule has 11 heteroatoms. The number of benzene rings is 2. The van der Waals surface area contributed by atoms with Crippen LogP contribution in [0.2, 0.25) is 0 Å². The van der Waals surface area contributed by atoms with Gasteiger partial charge < -0.3 is 38.2 Å². The van der Waals surface area contributed by atoms with Crippen molar-refractivity contribution < 1.29 is 54.7 Å². The molecule has 0 saturated heterocycles. The minimum Gasteiger partial charge on any atom is -0.810 e. The molecule has 2 rings (SSSR count). The van der Waals surface area contributed by atoms with Gasteiger partial charge in [0.05, 0.1) is 13.2 Å². The molecular formula is C38H62NiO8P2-4. The Morgan fingerprint density at radius 2 is 0.735 bits per heavy atom. The predicted octanol–water partition coefficient (Wildman–Crippen LogP) is 7.75. The molecule has 8 nitrogen and oxygen atoms in total. The number of unbranched alkanes of at least 4 members (excludes halogenated alkanes) is 2. The van der Waals surface area contributed by atoms with E-state index in [1.807, 2.05) is 24.3 Å². The molecule has 0 unspecified atom stereocenters. The van der Waals surface area contributed by atoms with E-state index in [4.69, 9.17) is 9.47 Å². The van der Waals surface area contributed by atoms with Crippen LogP contribution in [0.5, 0.6) is 11.5 Å². The van der Waals surface area contributed by atoms with Gasteiger partial charge in [0.1, 0.15) is 11.5 Å². The zero-order chi connectivity index (χ0) is 37.5. The molecule has 0 heterocycles. The molecule has 0 amide bonds. The maximum atomic E-state index is 11.3. The summed E-state index contributed by atoms with van der Waals surface area (Å²) in [4.78, 5) is 45.0. The summed E-state index contributed by atoms with van der Waals surface area (Å²) >= 11 is 0. The van der Waals surface area contributed by atoms with Crippen LogP contribution in [0, 0.1) is 0 Å². The van der Waals surface area contributed by atoms with Crippen LogP contribution in [0.15, 0.2) is 24.3 Å². The zero-order valence-electron chi connectivity index (χ0n) is 32.4. The molecule has 0 saturated carbocycles. The average molecular weight is 768 g/mol. The van der Waals surface area contributed by atoms with Gasteiger partial charge in [0.25, 0.3) is 0 Å². The summed E-state index contributed by atoms with van der Waals surface area (Å²) in [5.74, 6) is 1.66. The van der Waals surface area contributed by atoms with Gasteiger partial charge in [0.15, 0.2) is 0 Å². The topological polar surface area (TPSA) is 145 Å². The van der Waals surface area contributed by atoms with Crippen molar-refractivity contribution in [3.8, 4) is 11.5 Å². The monoisotopic (exact) mass is 766 g/mol. The second-order valence-electron chi connectivity index (χ2n) is 17.0. The molecule has 0 aliphatic heterocycles. The van der Waals surface area contributed by atoms with Crippen LogP contribution in [-0.2, 0) is 59.6 Å². The summed E-state index contributed by atoms with van der Waals surface area (Å²) in [5, 5.41) is 0. The molecule has 0 bridgehead atoms. The molecule has 286 valence electrons. The molecule has 0 fully saturated rings. The van der Waals surface area contributed by atoms with E-state index in [-0.39, 0.29) is 38.2 Å². The van der Waals surface area contributed by atoms with Gasteiger partial charge in [0.2, 0.25) is 0 Å². The molecular weight excluding hydrogens is 705 g/mol. The van der Waals surface area contributed by atoms with E-state index in [0.29, 0.717) is 24.3 Å². The first-order chi connectivity index (χ1) is 21.5. The largest absolute Gasteiger partial charge is 0.810 e. The van der Waals surface area contributed by atoms with E-state index in [0.717, 1.165) is 59.4 Å². The fraction of sp³-hybridized carbons (Fsp3) is 0.684. The van der Waals surface area contributed by atoms with E-state index in [9.17, 15) is 28.7 Å². The van der Waals surface area contributed by atoms with Crippen molar-refractivity contribution in [1.82, 2.24) is 0 Å². The van der Waals surface area contributed by atoms with Crippen molar-refractivity contribution in [3.05, 3.63) is 57.6 Å². The van der Waals surface area contributed by atoms with E-state index in [1.165, 1.54) is 0 Å². The van der Waals surface area contributed by atoms with Crippen LogP contribution in [0.4, 0.5) is 0 Å². The molecule has 0 spiro atoms. The van der Waals surface area contributed by atoms with Crippen molar-refractivity contribution in [3.63, 3.8) is 0 Å². The smallest absolute Gasteiger partial charge is 0.126 e. The van der Waals surface area contributed by atoms with E-state index in [1.54, 1.807) is 0 Å². The number of rotatable bonds is 12. The van der Waals surface area contributed by atoms with Gasteiger partial charge in [-0.3, -0.25) is 0 Å². The zero-order valence-corrected chi connectivity index (χ0v) is 35.2. The van der Waals surface area contributed by atoms with Gasteiger partial charge in [-0.2, -0.15) is 0 Å². The third-order valence-electron chi connectivity index (χ3n) is 7.77. The van der Waals surface area contributed by atoms with Gasteiger partial charge in [-0.05, 0) is 45.6 Å². The Kier molecular flexibility index (Phi) is 18.1. The third kappa shape index (κ3) is 16.8. The molecule has 0 radical (unpaired) electrons. The van der Waals surface area contributed by atoms with E-state index in [2.05, 4.69) is 96.9 Å². The SMILES string of the molecule is CCCCOc1c(C(C)(C)C)cc(CP(=O)([O-])[O-])cc1C(C)(C)C.CCCCOc1c(C(C)(C)C)cc(CP(=O)([O-])[O-])cc1C(C)(C)C.[Ni]. The van der Waals surface area contributed by atoms with E-state index < -0.39 is 27.5 Å². The van der Waals surface area contributed by atoms with Gasteiger partial charge in [-0.15, -0.1) is 0 Å². The Hall–Kier alpha value is -1.17. The minimum absolute atomic E-state index is 0. The summed E-state index contributed by atoms with van der Waals surface area (Å²) in [6.45, 7) is 30.3. The Morgan fingerprint density at radius 1 is 0.510 bits per heavy atom. The Bertz CT molecular complexity index is 1250. The van der Waals surface area contributed by atoms with Crippen LogP contribution in [0.25, 0.3) is 0 Å². The summed E-state index contributed by atoms with van der Waals surface area (Å²) in [7, 11) is -9.23. The number of hydrogen-bond donors (Lipinski definition) is 0. The fourth-order valence-corrected chi connectivity index (χ4v) is 6.44. The Balaban J connectivity index is 0.000000922. The first kappa shape index (κ1) is 47.8. The van der Waals surface area contributed by atoms with Crippen molar-refractivity contribution in [2.45, 2.75) is 157 Å². The summed E-state index contributed by atoms with van der Waals surface area (Å²) in [6, 6.07) is 7.27. The van der Waals surface area contributed by atoms with Gasteiger partial charge in [0, 0.05) is 51.1 Å². The second kappa shape index (κ2) is 18.5. The Labute approximate surface area is 307 Å². The summed E-state index contributed by atoms with van der Waals surface area (Å²) in [6.07, 6.45) is 3.09. The number of ether oxygens (including phenoxy) is 2. The van der Waals surface area contributed by atoms with Gasteiger partial charge in [-0.25, -0.2) is 0 Å². The quantitative estimate of drug-likeness (QED) is 0.121. The van der Waals surface area contributed by atoms with Crippen molar-refractivity contribution in [1.29, 1.82) is 0 Å². The normalized spacial score (nSPS) is 12.9. The van der Waals surface area contributed by atoms with Crippen LogP contribution < -0.4 is 29.0 Å². The van der Waals surface area contributed by atoms with Crippen LogP contribution in [-0.4, -0.2) is 13.2 Å².